The lowest BCUT2D eigenvalue weighted by molar-refractivity contribution is 0.414. The van der Waals surface area contributed by atoms with Gasteiger partial charge in [-0.1, -0.05) is 6.42 Å². The summed E-state index contributed by atoms with van der Waals surface area (Å²) in [4.78, 5) is 12.0. The van der Waals surface area contributed by atoms with Crippen LogP contribution in [0.15, 0.2) is 29.1 Å². The second-order valence-electron chi connectivity index (χ2n) is 4.81. The molecule has 5 N–H and O–H groups in total. The molecule has 0 aliphatic rings. The number of rotatable bonds is 7. The van der Waals surface area contributed by atoms with Crippen molar-refractivity contribution in [3.05, 3.63) is 40.6 Å². The highest BCUT2D eigenvalue weighted by molar-refractivity contribution is 5.38. The van der Waals surface area contributed by atoms with Gasteiger partial charge in [-0.05, 0) is 43.7 Å². The SMILES string of the molecule is COc1ccc(-n2c([C@@H](N)CCCCN)n[nH]c2=O)cc1. The molecule has 0 radical (unpaired) electrons. The summed E-state index contributed by atoms with van der Waals surface area (Å²) in [6.45, 7) is 0.637. The molecule has 7 nitrogen and oxygen atoms in total. The third-order valence-electron chi connectivity index (χ3n) is 3.33. The maximum Gasteiger partial charge on any atom is 0.347 e. The van der Waals surface area contributed by atoms with E-state index >= 15 is 0 Å². The van der Waals surface area contributed by atoms with E-state index in [-0.39, 0.29) is 11.7 Å². The van der Waals surface area contributed by atoms with Gasteiger partial charge in [0.25, 0.3) is 0 Å². The summed E-state index contributed by atoms with van der Waals surface area (Å²) in [7, 11) is 1.60. The third-order valence-corrected chi connectivity index (χ3v) is 3.33. The topological polar surface area (TPSA) is 112 Å². The number of hydrogen-bond donors (Lipinski definition) is 3. The minimum atomic E-state index is -0.308. The lowest BCUT2D eigenvalue weighted by Crippen LogP contribution is -2.22. The summed E-state index contributed by atoms with van der Waals surface area (Å²) in [5.41, 5.74) is 12.0. The second kappa shape index (κ2) is 7.05. The van der Waals surface area contributed by atoms with Gasteiger partial charge in [-0.3, -0.25) is 0 Å². The molecule has 1 aromatic carbocycles. The quantitative estimate of drug-likeness (QED) is 0.650. The highest BCUT2D eigenvalue weighted by atomic mass is 16.5. The van der Waals surface area contributed by atoms with Gasteiger partial charge in [-0.15, -0.1) is 0 Å². The first-order valence-electron chi connectivity index (χ1n) is 6.94. The Labute approximate surface area is 122 Å². The number of unbranched alkanes of at least 4 members (excludes halogenated alkanes) is 1. The van der Waals surface area contributed by atoms with E-state index in [1.807, 2.05) is 0 Å². The van der Waals surface area contributed by atoms with Crippen molar-refractivity contribution in [1.82, 2.24) is 14.8 Å². The minimum Gasteiger partial charge on any atom is -0.497 e. The number of aromatic nitrogens is 3. The Hall–Kier alpha value is -2.12. The molecule has 114 valence electrons. The molecule has 2 aromatic rings. The van der Waals surface area contributed by atoms with Crippen molar-refractivity contribution in [3.63, 3.8) is 0 Å². The molecular formula is C14H21N5O2. The molecule has 21 heavy (non-hydrogen) atoms. The van der Waals surface area contributed by atoms with Crippen molar-refractivity contribution in [2.75, 3.05) is 13.7 Å². The van der Waals surface area contributed by atoms with Crippen LogP contribution in [0.1, 0.15) is 31.1 Å². The smallest absolute Gasteiger partial charge is 0.347 e. The van der Waals surface area contributed by atoms with Crippen LogP contribution in [-0.4, -0.2) is 28.4 Å². The Morgan fingerprint density at radius 2 is 2.05 bits per heavy atom. The zero-order valence-electron chi connectivity index (χ0n) is 12.1. The van der Waals surface area contributed by atoms with Crippen molar-refractivity contribution in [1.29, 1.82) is 0 Å². The molecule has 0 saturated carbocycles. The summed E-state index contributed by atoms with van der Waals surface area (Å²) >= 11 is 0. The van der Waals surface area contributed by atoms with Crippen LogP contribution in [0.4, 0.5) is 0 Å². The van der Waals surface area contributed by atoms with E-state index < -0.39 is 0 Å². The zero-order chi connectivity index (χ0) is 15.2. The van der Waals surface area contributed by atoms with Gasteiger partial charge in [0.15, 0.2) is 5.82 Å². The lowest BCUT2D eigenvalue weighted by Gasteiger charge is -2.12. The number of methoxy groups -OCH3 is 1. The molecule has 1 heterocycles. The molecule has 1 atom stereocenters. The van der Waals surface area contributed by atoms with Crippen LogP contribution in [0, 0.1) is 0 Å². The molecule has 0 unspecified atom stereocenters. The van der Waals surface area contributed by atoms with E-state index in [1.165, 1.54) is 4.57 Å². The second-order valence-corrected chi connectivity index (χ2v) is 4.81. The first-order chi connectivity index (χ1) is 10.2. The monoisotopic (exact) mass is 291 g/mol. The van der Waals surface area contributed by atoms with Crippen LogP contribution < -0.4 is 21.9 Å². The molecule has 0 amide bonds. The number of nitrogens with two attached hydrogens (primary N) is 2. The van der Waals surface area contributed by atoms with E-state index in [0.717, 1.165) is 25.0 Å². The van der Waals surface area contributed by atoms with E-state index in [1.54, 1.807) is 31.4 Å². The Morgan fingerprint density at radius 3 is 2.67 bits per heavy atom. The number of benzene rings is 1. The lowest BCUT2D eigenvalue weighted by atomic mass is 10.1. The van der Waals surface area contributed by atoms with Crippen LogP contribution in [0.25, 0.3) is 5.69 Å². The summed E-state index contributed by atoms with van der Waals surface area (Å²) in [5, 5.41) is 6.51. The average molecular weight is 291 g/mol. The predicted molar refractivity (Wildman–Crippen MR) is 80.6 cm³/mol. The van der Waals surface area contributed by atoms with Crippen molar-refractivity contribution in [2.24, 2.45) is 11.5 Å². The van der Waals surface area contributed by atoms with Gasteiger partial charge >= 0.3 is 5.69 Å². The fourth-order valence-electron chi connectivity index (χ4n) is 2.18. The van der Waals surface area contributed by atoms with Gasteiger partial charge in [-0.25, -0.2) is 14.5 Å². The van der Waals surface area contributed by atoms with Crippen molar-refractivity contribution in [2.45, 2.75) is 25.3 Å². The molecule has 0 fully saturated rings. The highest BCUT2D eigenvalue weighted by Gasteiger charge is 2.17. The Balaban J connectivity index is 2.26. The van der Waals surface area contributed by atoms with E-state index in [0.29, 0.717) is 18.1 Å². The number of H-pyrrole nitrogens is 1. The molecule has 2 rings (SSSR count). The summed E-state index contributed by atoms with van der Waals surface area (Å²) in [5.74, 6) is 1.26. The van der Waals surface area contributed by atoms with Gasteiger partial charge in [0.05, 0.1) is 18.8 Å². The molecule has 0 bridgehead atoms. The first kappa shape index (κ1) is 15.3. The Kier molecular flexibility index (Phi) is 5.13. The maximum atomic E-state index is 12.0. The van der Waals surface area contributed by atoms with Crippen molar-refractivity contribution < 1.29 is 4.74 Å². The maximum absolute atomic E-state index is 12.0. The average Bonchev–Trinajstić information content (AvgIpc) is 2.89. The van der Waals surface area contributed by atoms with Gasteiger partial charge in [0.1, 0.15) is 5.75 Å². The van der Waals surface area contributed by atoms with Gasteiger partial charge in [-0.2, -0.15) is 5.10 Å². The molecule has 7 heteroatoms. The fourth-order valence-corrected chi connectivity index (χ4v) is 2.18. The summed E-state index contributed by atoms with van der Waals surface area (Å²) in [6, 6.07) is 6.87. The van der Waals surface area contributed by atoms with Crippen LogP contribution in [-0.2, 0) is 0 Å². The number of nitrogens with zero attached hydrogens (tertiary/aromatic N) is 2. The summed E-state index contributed by atoms with van der Waals surface area (Å²) in [6.07, 6.45) is 2.55. The summed E-state index contributed by atoms with van der Waals surface area (Å²) < 4.78 is 6.61. The molecular weight excluding hydrogens is 270 g/mol. The largest absolute Gasteiger partial charge is 0.497 e. The van der Waals surface area contributed by atoms with Crippen LogP contribution >= 0.6 is 0 Å². The standard InChI is InChI=1S/C14H21N5O2/c1-21-11-7-5-10(6-8-11)19-13(17-18-14(19)20)12(16)4-2-3-9-15/h5-8,12H,2-4,9,15-16H2,1H3,(H,18,20)/t12-/m0/s1. The zero-order valence-corrected chi connectivity index (χ0v) is 12.1. The normalized spacial score (nSPS) is 12.3. The van der Waals surface area contributed by atoms with Crippen LogP contribution in [0.5, 0.6) is 5.75 Å². The number of hydrogen-bond acceptors (Lipinski definition) is 5. The minimum absolute atomic E-state index is 0.301. The molecule has 1 aromatic heterocycles. The van der Waals surface area contributed by atoms with Crippen molar-refractivity contribution >= 4 is 0 Å². The fraction of sp³-hybridized carbons (Fsp3) is 0.429. The first-order valence-corrected chi connectivity index (χ1v) is 6.94. The molecule has 0 spiro atoms. The highest BCUT2D eigenvalue weighted by Crippen LogP contribution is 2.18. The van der Waals surface area contributed by atoms with E-state index in [2.05, 4.69) is 10.2 Å². The number of aromatic amines is 1. The predicted octanol–water partition coefficient (Wildman–Crippen LogP) is 0.698. The van der Waals surface area contributed by atoms with Gasteiger partial charge in [0, 0.05) is 0 Å². The van der Waals surface area contributed by atoms with E-state index in [9.17, 15) is 4.79 Å². The number of ether oxygens (including phenoxy) is 1. The van der Waals surface area contributed by atoms with Crippen molar-refractivity contribution in [3.8, 4) is 11.4 Å². The Morgan fingerprint density at radius 1 is 1.33 bits per heavy atom. The number of nitrogens with one attached hydrogen (secondary N) is 1. The molecule has 0 aliphatic carbocycles. The van der Waals surface area contributed by atoms with Gasteiger partial charge < -0.3 is 16.2 Å². The molecule has 0 saturated heterocycles. The van der Waals surface area contributed by atoms with Gasteiger partial charge in [0.2, 0.25) is 0 Å². The van der Waals surface area contributed by atoms with Crippen LogP contribution in [0.2, 0.25) is 0 Å². The van der Waals surface area contributed by atoms with E-state index in [4.69, 9.17) is 16.2 Å². The third kappa shape index (κ3) is 3.50. The Bertz CT molecular complexity index is 617. The molecule has 0 aliphatic heterocycles. The van der Waals surface area contributed by atoms with Crippen LogP contribution in [0.3, 0.4) is 0 Å².